The monoisotopic (exact) mass is 186 g/mol. The third-order valence-corrected chi connectivity index (χ3v) is 2.62. The van der Waals surface area contributed by atoms with Gasteiger partial charge in [-0.15, -0.1) is 0 Å². The maximum absolute atomic E-state index is 10.6. The Morgan fingerprint density at radius 2 is 2.31 bits per heavy atom. The van der Waals surface area contributed by atoms with E-state index in [0.29, 0.717) is 0 Å². The number of nitro groups is 1. The van der Waals surface area contributed by atoms with Crippen LogP contribution in [0.2, 0.25) is 0 Å². The fourth-order valence-corrected chi connectivity index (χ4v) is 1.87. The van der Waals surface area contributed by atoms with Gasteiger partial charge in [0.25, 0.3) is 6.17 Å². The van der Waals surface area contributed by atoms with Crippen LogP contribution in [-0.4, -0.2) is 29.1 Å². The minimum atomic E-state index is -0.392. The van der Waals surface area contributed by atoms with Gasteiger partial charge in [0.05, 0.1) is 0 Å². The summed E-state index contributed by atoms with van der Waals surface area (Å²) in [5, 5.41) is 10.6. The first-order valence-corrected chi connectivity index (χ1v) is 5.13. The van der Waals surface area contributed by atoms with Crippen molar-refractivity contribution in [3.05, 3.63) is 10.1 Å². The van der Waals surface area contributed by atoms with E-state index in [2.05, 4.69) is 6.92 Å². The fourth-order valence-electron chi connectivity index (χ4n) is 1.87. The van der Waals surface area contributed by atoms with Crippen LogP contribution in [-0.2, 0) is 0 Å². The van der Waals surface area contributed by atoms with Crippen LogP contribution in [0.25, 0.3) is 0 Å². The maximum atomic E-state index is 10.6. The molecule has 0 amide bonds. The van der Waals surface area contributed by atoms with E-state index in [0.717, 1.165) is 32.4 Å². The Balaban J connectivity index is 2.27. The van der Waals surface area contributed by atoms with Crippen LogP contribution in [0.3, 0.4) is 0 Å². The summed E-state index contributed by atoms with van der Waals surface area (Å²) in [6.07, 6.45) is 4.78. The summed E-state index contributed by atoms with van der Waals surface area (Å²) >= 11 is 0. The van der Waals surface area contributed by atoms with E-state index in [4.69, 9.17) is 0 Å². The van der Waals surface area contributed by atoms with Crippen molar-refractivity contribution in [1.29, 1.82) is 0 Å². The van der Waals surface area contributed by atoms with Crippen molar-refractivity contribution in [3.63, 3.8) is 0 Å². The van der Waals surface area contributed by atoms with E-state index in [9.17, 15) is 10.1 Å². The van der Waals surface area contributed by atoms with Gasteiger partial charge in [0, 0.05) is 24.4 Å². The molecule has 0 saturated carbocycles. The fraction of sp³-hybridized carbons (Fsp3) is 1.00. The highest BCUT2D eigenvalue weighted by Gasteiger charge is 2.32. The van der Waals surface area contributed by atoms with Crippen molar-refractivity contribution in [2.45, 2.75) is 45.2 Å². The molecule has 0 radical (unpaired) electrons. The summed E-state index contributed by atoms with van der Waals surface area (Å²) < 4.78 is 0. The molecule has 1 rings (SSSR count). The molecule has 0 aliphatic carbocycles. The van der Waals surface area contributed by atoms with Gasteiger partial charge >= 0.3 is 0 Å². The molecule has 0 aromatic rings. The second-order valence-electron chi connectivity index (χ2n) is 3.65. The smallest absolute Gasteiger partial charge is 0.263 e. The number of unbranched alkanes of at least 4 members (excludes halogenated alkanes) is 2. The highest BCUT2D eigenvalue weighted by molar-refractivity contribution is 4.70. The molecule has 1 saturated heterocycles. The van der Waals surface area contributed by atoms with Crippen molar-refractivity contribution < 1.29 is 4.92 Å². The van der Waals surface area contributed by atoms with Crippen molar-refractivity contribution in [2.24, 2.45) is 0 Å². The average molecular weight is 186 g/mol. The molecule has 1 aliphatic rings. The van der Waals surface area contributed by atoms with E-state index in [1.165, 1.54) is 12.8 Å². The first kappa shape index (κ1) is 10.4. The van der Waals surface area contributed by atoms with E-state index in [1.807, 2.05) is 4.90 Å². The Morgan fingerprint density at radius 3 is 2.92 bits per heavy atom. The normalized spacial score (nSPS) is 23.6. The van der Waals surface area contributed by atoms with Gasteiger partial charge in [-0.25, -0.2) is 4.90 Å². The van der Waals surface area contributed by atoms with Gasteiger partial charge in [0.15, 0.2) is 0 Å². The second kappa shape index (κ2) is 5.17. The molecule has 4 heteroatoms. The third-order valence-electron chi connectivity index (χ3n) is 2.62. The Bertz CT molecular complexity index is 173. The maximum Gasteiger partial charge on any atom is 0.268 e. The van der Waals surface area contributed by atoms with E-state index >= 15 is 0 Å². The van der Waals surface area contributed by atoms with Gasteiger partial charge in [-0.05, 0) is 12.8 Å². The van der Waals surface area contributed by atoms with Gasteiger partial charge in [0.2, 0.25) is 0 Å². The van der Waals surface area contributed by atoms with Gasteiger partial charge in [-0.3, -0.25) is 10.1 Å². The van der Waals surface area contributed by atoms with Crippen LogP contribution in [0.15, 0.2) is 0 Å². The Morgan fingerprint density at radius 1 is 1.54 bits per heavy atom. The number of rotatable bonds is 5. The number of hydrogen-bond acceptors (Lipinski definition) is 3. The topological polar surface area (TPSA) is 46.4 Å². The van der Waals surface area contributed by atoms with Crippen LogP contribution in [0, 0.1) is 10.1 Å². The quantitative estimate of drug-likeness (QED) is 0.374. The first-order valence-electron chi connectivity index (χ1n) is 5.13. The molecule has 1 heterocycles. The van der Waals surface area contributed by atoms with Crippen LogP contribution in [0.1, 0.15) is 39.0 Å². The summed E-state index contributed by atoms with van der Waals surface area (Å²) in [5.41, 5.74) is 0. The lowest BCUT2D eigenvalue weighted by Crippen LogP contribution is -2.36. The van der Waals surface area contributed by atoms with Gasteiger partial charge in [-0.1, -0.05) is 19.8 Å². The van der Waals surface area contributed by atoms with Crippen LogP contribution >= 0.6 is 0 Å². The largest absolute Gasteiger partial charge is 0.268 e. The zero-order valence-corrected chi connectivity index (χ0v) is 8.24. The predicted molar refractivity (Wildman–Crippen MR) is 51.1 cm³/mol. The van der Waals surface area contributed by atoms with Crippen LogP contribution in [0.5, 0.6) is 0 Å². The lowest BCUT2D eigenvalue weighted by Gasteiger charge is -2.17. The highest BCUT2D eigenvalue weighted by Crippen LogP contribution is 2.17. The Labute approximate surface area is 79.1 Å². The molecule has 0 N–H and O–H groups in total. The third kappa shape index (κ3) is 2.95. The van der Waals surface area contributed by atoms with Crippen LogP contribution < -0.4 is 0 Å². The van der Waals surface area contributed by atoms with Crippen molar-refractivity contribution >= 4 is 0 Å². The first-order chi connectivity index (χ1) is 6.25. The van der Waals surface area contributed by atoms with Crippen LogP contribution in [0.4, 0.5) is 0 Å². The van der Waals surface area contributed by atoms with Crippen molar-refractivity contribution in [2.75, 3.05) is 13.1 Å². The summed E-state index contributed by atoms with van der Waals surface area (Å²) in [6.45, 7) is 3.96. The number of nitrogens with zero attached hydrogens (tertiary/aromatic N) is 2. The minimum absolute atomic E-state index is 0.140. The van der Waals surface area contributed by atoms with E-state index < -0.39 is 6.17 Å². The second-order valence-corrected chi connectivity index (χ2v) is 3.65. The van der Waals surface area contributed by atoms with E-state index in [-0.39, 0.29) is 4.92 Å². The number of hydrogen-bond donors (Lipinski definition) is 0. The summed E-state index contributed by atoms with van der Waals surface area (Å²) in [4.78, 5) is 12.5. The molecule has 1 fully saturated rings. The van der Waals surface area contributed by atoms with Gasteiger partial charge in [0.1, 0.15) is 0 Å². The summed E-state index contributed by atoms with van der Waals surface area (Å²) in [7, 11) is 0. The zero-order chi connectivity index (χ0) is 9.68. The lowest BCUT2D eigenvalue weighted by molar-refractivity contribution is -0.545. The molecule has 1 aliphatic heterocycles. The van der Waals surface area contributed by atoms with E-state index in [1.54, 1.807) is 0 Å². The van der Waals surface area contributed by atoms with Gasteiger partial charge in [-0.2, -0.15) is 0 Å². The molecular formula is C9H18N2O2. The highest BCUT2D eigenvalue weighted by atomic mass is 16.6. The SMILES string of the molecule is CCCCCN1CCCC1[N+](=O)[O-]. The zero-order valence-electron chi connectivity index (χ0n) is 8.24. The van der Waals surface area contributed by atoms with Crippen molar-refractivity contribution in [1.82, 2.24) is 4.90 Å². The number of likely N-dealkylation sites (tertiary alicyclic amines) is 1. The molecule has 0 aromatic carbocycles. The standard InChI is InChI=1S/C9H18N2O2/c1-2-3-4-7-10-8-5-6-9(10)11(12)13/h9H,2-8H2,1H3. The molecule has 1 atom stereocenters. The molecule has 4 nitrogen and oxygen atoms in total. The molecule has 0 spiro atoms. The Hall–Kier alpha value is -0.640. The van der Waals surface area contributed by atoms with Gasteiger partial charge < -0.3 is 0 Å². The molecule has 13 heavy (non-hydrogen) atoms. The molecule has 1 unspecified atom stereocenters. The molecule has 76 valence electrons. The Kier molecular flexibility index (Phi) is 4.15. The average Bonchev–Trinajstić information content (AvgIpc) is 2.53. The molecule has 0 bridgehead atoms. The minimum Gasteiger partial charge on any atom is -0.263 e. The summed E-state index contributed by atoms with van der Waals surface area (Å²) in [6, 6.07) is 0. The predicted octanol–water partition coefficient (Wildman–Crippen LogP) is 1.88. The molecule has 0 aromatic heterocycles. The molecular weight excluding hydrogens is 168 g/mol. The van der Waals surface area contributed by atoms with Crippen molar-refractivity contribution in [3.8, 4) is 0 Å². The summed E-state index contributed by atoms with van der Waals surface area (Å²) in [5.74, 6) is 0. The lowest BCUT2D eigenvalue weighted by atomic mass is 10.2.